The number of aryl methyl sites for hydroxylation is 1. The van der Waals surface area contributed by atoms with E-state index in [9.17, 15) is 17.6 Å². The summed E-state index contributed by atoms with van der Waals surface area (Å²) < 4.78 is 36.5. The van der Waals surface area contributed by atoms with Gasteiger partial charge in [-0.1, -0.05) is 0 Å². The quantitative estimate of drug-likeness (QED) is 0.780. The minimum atomic E-state index is -3.06. The molecule has 3 rings (SSSR count). The molecule has 2 fully saturated rings. The van der Waals surface area contributed by atoms with E-state index in [1.165, 1.54) is 12.1 Å². The maximum Gasteiger partial charge on any atom is 0.227 e. The van der Waals surface area contributed by atoms with Crippen molar-refractivity contribution in [2.24, 2.45) is 5.92 Å². The van der Waals surface area contributed by atoms with E-state index >= 15 is 0 Å². The molecule has 2 aliphatic heterocycles. The fourth-order valence-corrected chi connectivity index (χ4v) is 5.16. The first kappa shape index (κ1) is 12.6. The largest absolute Gasteiger partial charge is 0.308 e. The topological polar surface area (TPSA) is 54.5 Å². The smallest absolute Gasteiger partial charge is 0.227 e. The van der Waals surface area contributed by atoms with Gasteiger partial charge in [0.05, 0.1) is 17.5 Å². The SMILES string of the molecule is Cc1cc(F)ccc1N1C(=O)C[C@H]2CS(=O)(=O)C[C@H]21. The number of rotatable bonds is 1. The van der Waals surface area contributed by atoms with Crippen LogP contribution in [0.4, 0.5) is 10.1 Å². The molecule has 4 nitrogen and oxygen atoms in total. The lowest BCUT2D eigenvalue weighted by molar-refractivity contribution is -0.117. The van der Waals surface area contributed by atoms with Gasteiger partial charge in [-0.15, -0.1) is 0 Å². The van der Waals surface area contributed by atoms with Gasteiger partial charge in [0.2, 0.25) is 5.91 Å². The highest BCUT2D eigenvalue weighted by Gasteiger charge is 2.49. The Morgan fingerprint density at radius 1 is 1.32 bits per heavy atom. The number of nitrogens with zero attached hydrogens (tertiary/aromatic N) is 1. The number of carbonyl (C=O) groups is 1. The highest BCUT2D eigenvalue weighted by Crippen LogP contribution is 2.38. The van der Waals surface area contributed by atoms with Gasteiger partial charge < -0.3 is 4.90 Å². The molecule has 19 heavy (non-hydrogen) atoms. The second kappa shape index (κ2) is 4.03. The van der Waals surface area contributed by atoms with Gasteiger partial charge in [-0.25, -0.2) is 12.8 Å². The molecule has 0 bridgehead atoms. The number of anilines is 1. The van der Waals surface area contributed by atoms with Crippen molar-refractivity contribution >= 4 is 21.4 Å². The zero-order valence-corrected chi connectivity index (χ0v) is 11.3. The molecule has 0 N–H and O–H groups in total. The van der Waals surface area contributed by atoms with Crippen LogP contribution in [-0.2, 0) is 14.6 Å². The summed E-state index contributed by atoms with van der Waals surface area (Å²) in [6.07, 6.45) is 0.265. The van der Waals surface area contributed by atoms with Crippen LogP contribution in [0.3, 0.4) is 0 Å². The Labute approximate surface area is 111 Å². The van der Waals surface area contributed by atoms with Crippen LogP contribution in [0.15, 0.2) is 18.2 Å². The Morgan fingerprint density at radius 3 is 2.74 bits per heavy atom. The Balaban J connectivity index is 2.02. The summed E-state index contributed by atoms with van der Waals surface area (Å²) >= 11 is 0. The number of sulfone groups is 1. The highest BCUT2D eigenvalue weighted by molar-refractivity contribution is 7.91. The Morgan fingerprint density at radius 2 is 2.05 bits per heavy atom. The van der Waals surface area contributed by atoms with Crippen molar-refractivity contribution in [2.45, 2.75) is 19.4 Å². The van der Waals surface area contributed by atoms with Crippen LogP contribution in [0.2, 0.25) is 0 Å². The molecule has 6 heteroatoms. The average molecular weight is 283 g/mol. The lowest BCUT2D eigenvalue weighted by Crippen LogP contribution is -2.36. The number of hydrogen-bond donors (Lipinski definition) is 0. The van der Waals surface area contributed by atoms with E-state index < -0.39 is 9.84 Å². The monoisotopic (exact) mass is 283 g/mol. The van der Waals surface area contributed by atoms with Gasteiger partial charge in [0.25, 0.3) is 0 Å². The van der Waals surface area contributed by atoms with E-state index in [2.05, 4.69) is 0 Å². The standard InChI is InChI=1S/C13H14FNO3S/c1-8-4-10(14)2-3-11(8)15-12-7-19(17,18)6-9(12)5-13(15)16/h2-4,9,12H,5-7H2,1H3/t9-,12+/m0/s1. The van der Waals surface area contributed by atoms with Crippen LogP contribution in [-0.4, -0.2) is 31.9 Å². The van der Waals surface area contributed by atoms with Crippen molar-refractivity contribution in [3.05, 3.63) is 29.6 Å². The minimum absolute atomic E-state index is 0.0141. The van der Waals surface area contributed by atoms with Crippen molar-refractivity contribution < 1.29 is 17.6 Å². The number of hydrogen-bond acceptors (Lipinski definition) is 3. The summed E-state index contributed by atoms with van der Waals surface area (Å²) in [5.41, 5.74) is 1.27. The van der Waals surface area contributed by atoms with Crippen molar-refractivity contribution in [1.29, 1.82) is 0 Å². The molecule has 0 aliphatic carbocycles. The van der Waals surface area contributed by atoms with E-state index in [4.69, 9.17) is 0 Å². The predicted octanol–water partition coefficient (Wildman–Crippen LogP) is 1.28. The maximum atomic E-state index is 13.1. The van der Waals surface area contributed by atoms with Crippen LogP contribution in [0.1, 0.15) is 12.0 Å². The van der Waals surface area contributed by atoms with Gasteiger partial charge >= 0.3 is 0 Å². The minimum Gasteiger partial charge on any atom is -0.308 e. The third kappa shape index (κ3) is 2.04. The molecule has 1 amide bonds. The first-order chi connectivity index (χ1) is 8.87. The van der Waals surface area contributed by atoms with Crippen molar-refractivity contribution in [2.75, 3.05) is 16.4 Å². The van der Waals surface area contributed by atoms with Gasteiger partial charge in [0.15, 0.2) is 9.84 Å². The van der Waals surface area contributed by atoms with E-state index in [1.807, 2.05) is 0 Å². The number of carbonyl (C=O) groups excluding carboxylic acids is 1. The summed E-state index contributed by atoms with van der Waals surface area (Å²) in [6, 6.07) is 3.92. The molecule has 102 valence electrons. The lowest BCUT2D eigenvalue weighted by Gasteiger charge is -2.25. The summed E-state index contributed by atoms with van der Waals surface area (Å²) in [4.78, 5) is 13.6. The molecule has 1 aromatic rings. The van der Waals surface area contributed by atoms with Crippen molar-refractivity contribution in [3.63, 3.8) is 0 Å². The Bertz CT molecular complexity index is 656. The summed E-state index contributed by atoms with van der Waals surface area (Å²) in [7, 11) is -3.06. The van der Waals surface area contributed by atoms with Gasteiger partial charge in [-0.05, 0) is 30.7 Å². The molecule has 2 saturated heterocycles. The molecule has 0 radical (unpaired) electrons. The first-order valence-electron chi connectivity index (χ1n) is 6.16. The highest BCUT2D eigenvalue weighted by atomic mass is 32.2. The fraction of sp³-hybridized carbons (Fsp3) is 0.462. The Kier molecular flexibility index (Phi) is 2.67. The van der Waals surface area contributed by atoms with E-state index in [0.717, 1.165) is 0 Å². The van der Waals surface area contributed by atoms with Crippen LogP contribution in [0.5, 0.6) is 0 Å². The number of amides is 1. The first-order valence-corrected chi connectivity index (χ1v) is 7.98. The molecule has 2 aliphatic rings. The lowest BCUT2D eigenvalue weighted by atomic mass is 10.0. The maximum absolute atomic E-state index is 13.1. The van der Waals surface area contributed by atoms with Gasteiger partial charge in [0, 0.05) is 18.0 Å². The number of halogens is 1. The van der Waals surface area contributed by atoms with Crippen LogP contribution < -0.4 is 4.90 Å². The summed E-state index contributed by atoms with van der Waals surface area (Å²) in [6.45, 7) is 1.72. The second-order valence-corrected chi connectivity index (χ2v) is 7.46. The zero-order chi connectivity index (χ0) is 13.8. The second-order valence-electron chi connectivity index (χ2n) is 5.30. The summed E-state index contributed by atoms with van der Waals surface area (Å²) in [5.74, 6) is -0.453. The Hall–Kier alpha value is -1.43. The predicted molar refractivity (Wildman–Crippen MR) is 69.2 cm³/mol. The molecule has 2 atom stereocenters. The molecule has 1 aromatic carbocycles. The van der Waals surface area contributed by atoms with Gasteiger partial charge in [0.1, 0.15) is 5.82 Å². The molecular weight excluding hydrogens is 269 g/mol. The van der Waals surface area contributed by atoms with Crippen LogP contribution in [0.25, 0.3) is 0 Å². The fourth-order valence-electron chi connectivity index (χ4n) is 3.09. The van der Waals surface area contributed by atoms with E-state index in [1.54, 1.807) is 17.9 Å². The molecular formula is C13H14FNO3S. The molecule has 0 spiro atoms. The summed E-state index contributed by atoms with van der Waals surface area (Å²) in [5, 5.41) is 0. The van der Waals surface area contributed by atoms with E-state index in [-0.39, 0.29) is 41.6 Å². The van der Waals surface area contributed by atoms with Gasteiger partial charge in [-0.2, -0.15) is 0 Å². The molecule has 0 aromatic heterocycles. The van der Waals surface area contributed by atoms with Crippen LogP contribution >= 0.6 is 0 Å². The number of benzene rings is 1. The average Bonchev–Trinajstić information content (AvgIpc) is 2.70. The van der Waals surface area contributed by atoms with Crippen molar-refractivity contribution in [1.82, 2.24) is 0 Å². The van der Waals surface area contributed by atoms with Gasteiger partial charge in [-0.3, -0.25) is 4.79 Å². The molecule has 2 heterocycles. The third-order valence-electron chi connectivity index (χ3n) is 3.89. The number of fused-ring (bicyclic) bond motifs is 1. The third-order valence-corrected chi connectivity index (χ3v) is 5.68. The molecule has 0 saturated carbocycles. The zero-order valence-electron chi connectivity index (χ0n) is 10.5. The normalized spacial score (nSPS) is 28.7. The van der Waals surface area contributed by atoms with Crippen LogP contribution in [0, 0.1) is 18.7 Å². The molecule has 0 unspecified atom stereocenters. The van der Waals surface area contributed by atoms with Crippen molar-refractivity contribution in [3.8, 4) is 0 Å². The van der Waals surface area contributed by atoms with E-state index in [0.29, 0.717) is 11.3 Å².